The summed E-state index contributed by atoms with van der Waals surface area (Å²) in [5.74, 6) is -0.601. The number of thioether (sulfide) groups is 1. The summed E-state index contributed by atoms with van der Waals surface area (Å²) < 4.78 is 5.25. The molecule has 1 atom stereocenters. The van der Waals surface area contributed by atoms with E-state index < -0.39 is 28.6 Å². The molecule has 0 aromatic heterocycles. The van der Waals surface area contributed by atoms with E-state index in [1.54, 1.807) is 20.8 Å². The average Bonchev–Trinajstić information content (AvgIpc) is 2.37. The zero-order chi connectivity index (χ0) is 13.4. The molecule has 98 valence electrons. The lowest BCUT2D eigenvalue weighted by atomic mass is 10.2. The van der Waals surface area contributed by atoms with Crippen LogP contribution in [-0.2, 0) is 9.53 Å². The van der Waals surface area contributed by atoms with E-state index in [2.05, 4.69) is 0 Å². The third-order valence-corrected chi connectivity index (χ3v) is 3.75. The van der Waals surface area contributed by atoms with Gasteiger partial charge in [0.25, 0.3) is 0 Å². The molecule has 0 unspecified atom stereocenters. The third kappa shape index (κ3) is 3.28. The summed E-state index contributed by atoms with van der Waals surface area (Å²) in [6.07, 6.45) is -0.570. The molecule has 1 rings (SSSR count). The molecule has 0 spiro atoms. The quantitative estimate of drug-likeness (QED) is 0.783. The minimum atomic E-state index is -0.992. The molecule has 17 heavy (non-hydrogen) atoms. The summed E-state index contributed by atoms with van der Waals surface area (Å²) in [7, 11) is 0. The molecule has 6 heteroatoms. The van der Waals surface area contributed by atoms with Crippen LogP contribution < -0.4 is 0 Å². The smallest absolute Gasteiger partial charge is 0.412 e. The van der Waals surface area contributed by atoms with Crippen molar-refractivity contribution >= 4 is 23.8 Å². The fourth-order valence-electron chi connectivity index (χ4n) is 1.64. The normalized spacial score (nSPS) is 23.6. The summed E-state index contributed by atoms with van der Waals surface area (Å²) in [5, 5.41) is 9.10. The van der Waals surface area contributed by atoms with Gasteiger partial charge in [0.05, 0.1) is 4.87 Å². The van der Waals surface area contributed by atoms with Crippen LogP contribution in [0.5, 0.6) is 0 Å². The Kier molecular flexibility index (Phi) is 3.66. The van der Waals surface area contributed by atoms with Crippen LogP contribution in [0.15, 0.2) is 0 Å². The second-order valence-electron chi connectivity index (χ2n) is 5.46. The Bertz CT molecular complexity index is 335. The highest BCUT2D eigenvalue weighted by Crippen LogP contribution is 2.39. The summed E-state index contributed by atoms with van der Waals surface area (Å²) in [4.78, 5) is 23.9. The molecule has 1 aliphatic rings. The van der Waals surface area contributed by atoms with Crippen molar-refractivity contribution in [1.29, 1.82) is 0 Å². The Morgan fingerprint density at radius 3 is 2.35 bits per heavy atom. The SMILES string of the molecule is CC(C)(C)OC(=O)N1[C@@H](C(=O)O)CSC1(C)C. The van der Waals surface area contributed by atoms with E-state index in [4.69, 9.17) is 9.84 Å². The van der Waals surface area contributed by atoms with Crippen molar-refractivity contribution in [2.24, 2.45) is 0 Å². The standard InChI is InChI=1S/C11H19NO4S/c1-10(2,3)16-9(15)12-7(8(13)14)6-17-11(12,4)5/h7H,6H2,1-5H3,(H,13,14)/t7-/m1/s1. The highest BCUT2D eigenvalue weighted by Gasteiger charge is 2.48. The van der Waals surface area contributed by atoms with Crippen molar-refractivity contribution in [3.05, 3.63) is 0 Å². The molecule has 0 aromatic rings. The second-order valence-corrected chi connectivity index (χ2v) is 7.08. The lowest BCUT2D eigenvalue weighted by Gasteiger charge is -2.34. The largest absolute Gasteiger partial charge is 0.480 e. The molecule has 0 aromatic carbocycles. The number of carbonyl (C=O) groups is 2. The van der Waals surface area contributed by atoms with Gasteiger partial charge in [-0.2, -0.15) is 0 Å². The Labute approximate surface area is 105 Å². The Morgan fingerprint density at radius 1 is 1.41 bits per heavy atom. The van der Waals surface area contributed by atoms with Gasteiger partial charge in [-0.25, -0.2) is 9.59 Å². The van der Waals surface area contributed by atoms with Crippen LogP contribution in [0.4, 0.5) is 4.79 Å². The number of nitrogens with zero attached hydrogens (tertiary/aromatic N) is 1. The van der Waals surface area contributed by atoms with Crippen LogP contribution in [0.3, 0.4) is 0 Å². The number of hydrogen-bond acceptors (Lipinski definition) is 4. The van der Waals surface area contributed by atoms with Gasteiger partial charge in [0.1, 0.15) is 11.6 Å². The van der Waals surface area contributed by atoms with Gasteiger partial charge in [0, 0.05) is 5.75 Å². The third-order valence-electron chi connectivity index (χ3n) is 2.36. The molecule has 0 bridgehead atoms. The van der Waals surface area contributed by atoms with Crippen molar-refractivity contribution in [3.8, 4) is 0 Å². The number of carboxylic acids is 1. The van der Waals surface area contributed by atoms with E-state index in [0.717, 1.165) is 0 Å². The summed E-state index contributed by atoms with van der Waals surface area (Å²) in [6, 6.07) is -0.815. The van der Waals surface area contributed by atoms with E-state index in [9.17, 15) is 9.59 Å². The van der Waals surface area contributed by atoms with Crippen LogP contribution in [-0.4, -0.2) is 44.3 Å². The zero-order valence-corrected chi connectivity index (χ0v) is 11.6. The molecule has 0 radical (unpaired) electrons. The van der Waals surface area contributed by atoms with Gasteiger partial charge in [0.2, 0.25) is 0 Å². The molecule has 1 aliphatic heterocycles. The lowest BCUT2D eigenvalue weighted by molar-refractivity contribution is -0.142. The van der Waals surface area contributed by atoms with Crippen LogP contribution in [0.2, 0.25) is 0 Å². The van der Waals surface area contributed by atoms with Gasteiger partial charge in [-0.15, -0.1) is 11.8 Å². The van der Waals surface area contributed by atoms with Gasteiger partial charge in [-0.1, -0.05) is 0 Å². The summed E-state index contributed by atoms with van der Waals surface area (Å²) in [6.45, 7) is 8.93. The van der Waals surface area contributed by atoms with E-state index in [1.807, 2.05) is 13.8 Å². The number of hydrogen-bond donors (Lipinski definition) is 1. The van der Waals surface area contributed by atoms with Crippen LogP contribution in [0, 0.1) is 0 Å². The van der Waals surface area contributed by atoms with Gasteiger partial charge >= 0.3 is 12.1 Å². The number of amides is 1. The Balaban J connectivity index is 2.90. The van der Waals surface area contributed by atoms with E-state index in [1.165, 1.54) is 16.7 Å². The molecule has 1 fully saturated rings. The van der Waals surface area contributed by atoms with Crippen molar-refractivity contribution in [1.82, 2.24) is 4.90 Å². The summed E-state index contributed by atoms with van der Waals surface area (Å²) >= 11 is 1.44. The number of rotatable bonds is 1. The summed E-state index contributed by atoms with van der Waals surface area (Å²) in [5.41, 5.74) is -0.622. The minimum Gasteiger partial charge on any atom is -0.480 e. The molecular formula is C11H19NO4S. The van der Waals surface area contributed by atoms with Crippen molar-refractivity contribution in [2.75, 3.05) is 5.75 Å². The molecule has 1 saturated heterocycles. The molecule has 1 N–H and O–H groups in total. The first-order valence-electron chi connectivity index (χ1n) is 5.44. The fourth-order valence-corrected chi connectivity index (χ4v) is 2.84. The minimum absolute atomic E-state index is 0.390. The number of ether oxygens (including phenoxy) is 1. The molecule has 0 aliphatic carbocycles. The molecule has 1 heterocycles. The van der Waals surface area contributed by atoms with Gasteiger partial charge in [-0.05, 0) is 34.6 Å². The predicted octanol–water partition coefficient (Wildman–Crippen LogP) is 2.16. The Hall–Kier alpha value is -0.910. The van der Waals surface area contributed by atoms with Crippen molar-refractivity contribution in [3.63, 3.8) is 0 Å². The monoisotopic (exact) mass is 261 g/mol. The lowest BCUT2D eigenvalue weighted by Crippen LogP contribution is -2.51. The predicted molar refractivity (Wildman–Crippen MR) is 66.0 cm³/mol. The van der Waals surface area contributed by atoms with Gasteiger partial charge in [0.15, 0.2) is 0 Å². The van der Waals surface area contributed by atoms with E-state index in [-0.39, 0.29) is 0 Å². The average molecular weight is 261 g/mol. The number of aliphatic carboxylic acids is 1. The fraction of sp³-hybridized carbons (Fsp3) is 0.818. The van der Waals surface area contributed by atoms with Crippen molar-refractivity contribution in [2.45, 2.75) is 51.1 Å². The molecule has 0 saturated carbocycles. The number of carboxylic acid groups (broad SMARTS) is 1. The van der Waals surface area contributed by atoms with Crippen LogP contribution in [0.25, 0.3) is 0 Å². The first kappa shape index (κ1) is 14.2. The van der Waals surface area contributed by atoms with E-state index >= 15 is 0 Å². The second kappa shape index (κ2) is 4.40. The van der Waals surface area contributed by atoms with Gasteiger partial charge in [-0.3, -0.25) is 4.90 Å². The first-order valence-corrected chi connectivity index (χ1v) is 6.42. The number of carbonyl (C=O) groups excluding carboxylic acids is 1. The topological polar surface area (TPSA) is 66.8 Å². The zero-order valence-electron chi connectivity index (χ0n) is 10.8. The molecule has 5 nitrogen and oxygen atoms in total. The van der Waals surface area contributed by atoms with Crippen LogP contribution in [0.1, 0.15) is 34.6 Å². The van der Waals surface area contributed by atoms with E-state index in [0.29, 0.717) is 5.75 Å². The maximum Gasteiger partial charge on any atom is 0.412 e. The maximum absolute atomic E-state index is 12.0. The van der Waals surface area contributed by atoms with Gasteiger partial charge < -0.3 is 9.84 Å². The highest BCUT2D eigenvalue weighted by atomic mass is 32.2. The molecule has 1 amide bonds. The Morgan fingerprint density at radius 2 is 1.94 bits per heavy atom. The maximum atomic E-state index is 12.0. The highest BCUT2D eigenvalue weighted by molar-refractivity contribution is 8.00. The van der Waals surface area contributed by atoms with Crippen molar-refractivity contribution < 1.29 is 19.4 Å². The first-order chi connectivity index (χ1) is 7.54. The van der Waals surface area contributed by atoms with Crippen LogP contribution >= 0.6 is 11.8 Å². The molecular weight excluding hydrogens is 242 g/mol.